The second kappa shape index (κ2) is 8.20. The van der Waals surface area contributed by atoms with Crippen LogP contribution in [-0.2, 0) is 6.42 Å². The monoisotopic (exact) mass is 327 g/mol. The molecule has 2 rings (SSSR count). The zero-order valence-electron chi connectivity index (χ0n) is 15.4. The highest BCUT2D eigenvalue weighted by atomic mass is 16.5. The van der Waals surface area contributed by atoms with Gasteiger partial charge in [-0.25, -0.2) is 0 Å². The molecule has 130 valence electrons. The van der Waals surface area contributed by atoms with Crippen LogP contribution >= 0.6 is 0 Å². The van der Waals surface area contributed by atoms with Crippen molar-refractivity contribution < 1.29 is 9.84 Å². The van der Waals surface area contributed by atoms with E-state index in [0.717, 1.165) is 17.0 Å². The summed E-state index contributed by atoms with van der Waals surface area (Å²) in [5.41, 5.74) is 5.82. The van der Waals surface area contributed by atoms with Gasteiger partial charge in [0, 0.05) is 12.3 Å². The summed E-state index contributed by atoms with van der Waals surface area (Å²) in [4.78, 5) is 0. The van der Waals surface area contributed by atoms with Gasteiger partial charge in [0.2, 0.25) is 0 Å². The molecule has 3 nitrogen and oxygen atoms in total. The van der Waals surface area contributed by atoms with Gasteiger partial charge >= 0.3 is 0 Å². The average molecular weight is 327 g/mol. The SMILES string of the molecule is COc1cc(CCO)ccc1Nc1c(C(C)C)cccc1C(C)C. The Bertz CT molecular complexity index is 651. The van der Waals surface area contributed by atoms with Gasteiger partial charge in [-0.2, -0.15) is 0 Å². The molecular formula is C21H29NO2. The third-order valence-corrected chi connectivity index (χ3v) is 4.30. The van der Waals surface area contributed by atoms with E-state index in [1.54, 1.807) is 7.11 Å². The first-order chi connectivity index (χ1) is 11.5. The molecule has 0 fully saturated rings. The van der Waals surface area contributed by atoms with Crippen LogP contribution in [0.1, 0.15) is 56.2 Å². The molecule has 0 heterocycles. The maximum absolute atomic E-state index is 9.13. The summed E-state index contributed by atoms with van der Waals surface area (Å²) < 4.78 is 5.56. The molecule has 0 aliphatic heterocycles. The summed E-state index contributed by atoms with van der Waals surface area (Å²) in [5.74, 6) is 1.67. The molecule has 0 saturated carbocycles. The molecule has 0 bridgehead atoms. The lowest BCUT2D eigenvalue weighted by molar-refractivity contribution is 0.299. The van der Waals surface area contributed by atoms with Crippen LogP contribution in [0.25, 0.3) is 0 Å². The van der Waals surface area contributed by atoms with Crippen LogP contribution in [0.3, 0.4) is 0 Å². The van der Waals surface area contributed by atoms with Crippen molar-refractivity contribution in [1.82, 2.24) is 0 Å². The molecule has 0 amide bonds. The van der Waals surface area contributed by atoms with Gasteiger partial charge in [0.05, 0.1) is 12.8 Å². The average Bonchev–Trinajstić information content (AvgIpc) is 2.56. The first-order valence-corrected chi connectivity index (χ1v) is 8.65. The van der Waals surface area contributed by atoms with Crippen LogP contribution in [0.4, 0.5) is 11.4 Å². The third-order valence-electron chi connectivity index (χ3n) is 4.30. The molecule has 24 heavy (non-hydrogen) atoms. The summed E-state index contributed by atoms with van der Waals surface area (Å²) in [6.07, 6.45) is 0.635. The molecule has 0 aliphatic rings. The highest BCUT2D eigenvalue weighted by Crippen LogP contribution is 2.37. The van der Waals surface area contributed by atoms with Crippen molar-refractivity contribution in [2.45, 2.75) is 46.0 Å². The second-order valence-corrected chi connectivity index (χ2v) is 6.75. The van der Waals surface area contributed by atoms with Crippen molar-refractivity contribution in [3.63, 3.8) is 0 Å². The summed E-state index contributed by atoms with van der Waals surface area (Å²) in [7, 11) is 1.68. The molecule has 3 heteroatoms. The number of methoxy groups -OCH3 is 1. The number of para-hydroxylation sites is 1. The Balaban J connectivity index is 2.47. The van der Waals surface area contributed by atoms with Gasteiger partial charge in [-0.1, -0.05) is 52.0 Å². The zero-order valence-corrected chi connectivity index (χ0v) is 15.4. The fourth-order valence-electron chi connectivity index (χ4n) is 2.95. The van der Waals surface area contributed by atoms with Crippen LogP contribution in [-0.4, -0.2) is 18.8 Å². The van der Waals surface area contributed by atoms with Gasteiger partial charge in [-0.3, -0.25) is 0 Å². The van der Waals surface area contributed by atoms with E-state index >= 15 is 0 Å². The first kappa shape index (κ1) is 18.3. The van der Waals surface area contributed by atoms with E-state index in [0.29, 0.717) is 18.3 Å². The van der Waals surface area contributed by atoms with Gasteiger partial charge in [0.15, 0.2) is 0 Å². The fraction of sp³-hybridized carbons (Fsp3) is 0.429. The number of nitrogens with one attached hydrogen (secondary N) is 1. The molecule has 0 radical (unpaired) electrons. The van der Waals surface area contributed by atoms with E-state index in [1.807, 2.05) is 18.2 Å². The Morgan fingerprint density at radius 1 is 1.00 bits per heavy atom. The van der Waals surface area contributed by atoms with Gasteiger partial charge in [-0.05, 0) is 47.1 Å². The lowest BCUT2D eigenvalue weighted by Gasteiger charge is -2.22. The summed E-state index contributed by atoms with van der Waals surface area (Å²) in [5, 5.41) is 12.7. The number of hydrogen-bond donors (Lipinski definition) is 2. The maximum Gasteiger partial charge on any atom is 0.142 e. The van der Waals surface area contributed by atoms with Crippen LogP contribution in [0, 0.1) is 0 Å². The quantitative estimate of drug-likeness (QED) is 0.732. The standard InChI is InChI=1S/C21H29NO2/c1-14(2)17-7-6-8-18(15(3)4)21(17)22-19-10-9-16(11-12-23)13-20(19)24-5/h6-10,13-15,22-23H,11-12H2,1-5H3. The molecule has 0 spiro atoms. The minimum atomic E-state index is 0.142. The molecule has 0 atom stereocenters. The minimum Gasteiger partial charge on any atom is -0.495 e. The van der Waals surface area contributed by atoms with Crippen LogP contribution in [0.2, 0.25) is 0 Å². The van der Waals surface area contributed by atoms with Crippen molar-refractivity contribution in [2.75, 3.05) is 19.0 Å². The third kappa shape index (κ3) is 4.09. The van der Waals surface area contributed by atoms with E-state index in [1.165, 1.54) is 16.8 Å². The Morgan fingerprint density at radius 2 is 1.62 bits per heavy atom. The Kier molecular flexibility index (Phi) is 6.27. The molecule has 2 N–H and O–H groups in total. The van der Waals surface area contributed by atoms with E-state index in [2.05, 4.69) is 51.2 Å². The number of ether oxygens (including phenoxy) is 1. The minimum absolute atomic E-state index is 0.142. The van der Waals surface area contributed by atoms with Crippen LogP contribution < -0.4 is 10.1 Å². The largest absolute Gasteiger partial charge is 0.495 e. The molecule has 0 unspecified atom stereocenters. The lowest BCUT2D eigenvalue weighted by Crippen LogP contribution is -2.05. The predicted molar refractivity (Wildman–Crippen MR) is 102 cm³/mol. The Morgan fingerprint density at radius 3 is 2.12 bits per heavy atom. The molecule has 2 aromatic carbocycles. The summed E-state index contributed by atoms with van der Waals surface area (Å²) >= 11 is 0. The second-order valence-electron chi connectivity index (χ2n) is 6.75. The summed E-state index contributed by atoms with van der Waals surface area (Å²) in [6, 6.07) is 12.6. The molecule has 2 aromatic rings. The number of aliphatic hydroxyl groups is 1. The topological polar surface area (TPSA) is 41.5 Å². The van der Waals surface area contributed by atoms with Crippen molar-refractivity contribution in [1.29, 1.82) is 0 Å². The van der Waals surface area contributed by atoms with E-state index < -0.39 is 0 Å². The van der Waals surface area contributed by atoms with Gasteiger partial charge in [0.1, 0.15) is 5.75 Å². The zero-order chi connectivity index (χ0) is 17.7. The smallest absolute Gasteiger partial charge is 0.142 e. The van der Waals surface area contributed by atoms with E-state index in [4.69, 9.17) is 9.84 Å². The lowest BCUT2D eigenvalue weighted by atomic mass is 9.92. The van der Waals surface area contributed by atoms with Gasteiger partial charge in [0.25, 0.3) is 0 Å². The number of rotatable bonds is 7. The van der Waals surface area contributed by atoms with Gasteiger partial charge < -0.3 is 15.2 Å². The highest BCUT2D eigenvalue weighted by Gasteiger charge is 2.15. The number of aliphatic hydroxyl groups excluding tert-OH is 1. The first-order valence-electron chi connectivity index (χ1n) is 8.65. The van der Waals surface area contributed by atoms with E-state index in [9.17, 15) is 0 Å². The van der Waals surface area contributed by atoms with Crippen molar-refractivity contribution >= 4 is 11.4 Å². The fourth-order valence-corrected chi connectivity index (χ4v) is 2.95. The number of benzene rings is 2. The highest BCUT2D eigenvalue weighted by molar-refractivity contribution is 5.72. The molecular weight excluding hydrogens is 298 g/mol. The number of hydrogen-bond acceptors (Lipinski definition) is 3. The molecule has 0 saturated heterocycles. The summed E-state index contributed by atoms with van der Waals surface area (Å²) in [6.45, 7) is 9.00. The Hall–Kier alpha value is -2.00. The number of anilines is 2. The van der Waals surface area contributed by atoms with E-state index in [-0.39, 0.29) is 6.61 Å². The Labute approximate surface area is 145 Å². The normalized spacial score (nSPS) is 11.2. The van der Waals surface area contributed by atoms with Crippen molar-refractivity contribution in [3.8, 4) is 5.75 Å². The van der Waals surface area contributed by atoms with Crippen LogP contribution in [0.15, 0.2) is 36.4 Å². The molecule has 0 aliphatic carbocycles. The van der Waals surface area contributed by atoms with Crippen molar-refractivity contribution in [2.24, 2.45) is 0 Å². The predicted octanol–water partition coefficient (Wildman–Crippen LogP) is 5.22. The van der Waals surface area contributed by atoms with Gasteiger partial charge in [-0.15, -0.1) is 0 Å². The maximum atomic E-state index is 9.13. The van der Waals surface area contributed by atoms with Crippen molar-refractivity contribution in [3.05, 3.63) is 53.1 Å². The molecule has 0 aromatic heterocycles. The van der Waals surface area contributed by atoms with Crippen LogP contribution in [0.5, 0.6) is 5.75 Å².